The summed E-state index contributed by atoms with van der Waals surface area (Å²) in [5.74, 6) is 1.66. The molecule has 1 aliphatic carbocycles. The summed E-state index contributed by atoms with van der Waals surface area (Å²) in [4.78, 5) is 9.60. The fourth-order valence-electron chi connectivity index (χ4n) is 3.14. The SMILES string of the molecule is Clc1cccc(-c2nc3c(c(NCCn4ccnn4)n2)CCCC3)c1. The second-order valence-corrected chi connectivity index (χ2v) is 6.57. The van der Waals surface area contributed by atoms with E-state index in [2.05, 4.69) is 15.6 Å². The summed E-state index contributed by atoms with van der Waals surface area (Å²) in [6.07, 6.45) is 7.93. The van der Waals surface area contributed by atoms with Crippen LogP contribution in [0.15, 0.2) is 36.7 Å². The number of anilines is 1. The summed E-state index contributed by atoms with van der Waals surface area (Å²) in [7, 11) is 0. The highest BCUT2D eigenvalue weighted by Gasteiger charge is 2.18. The predicted molar refractivity (Wildman–Crippen MR) is 97.6 cm³/mol. The van der Waals surface area contributed by atoms with E-state index in [0.717, 1.165) is 48.8 Å². The van der Waals surface area contributed by atoms with E-state index in [4.69, 9.17) is 21.6 Å². The lowest BCUT2D eigenvalue weighted by atomic mass is 9.96. The smallest absolute Gasteiger partial charge is 0.161 e. The maximum Gasteiger partial charge on any atom is 0.161 e. The lowest BCUT2D eigenvalue weighted by Gasteiger charge is -2.20. The first kappa shape index (κ1) is 16.0. The molecule has 0 amide bonds. The van der Waals surface area contributed by atoms with Crippen molar-refractivity contribution in [1.29, 1.82) is 0 Å². The van der Waals surface area contributed by atoms with Crippen LogP contribution in [0.2, 0.25) is 5.02 Å². The molecule has 0 spiro atoms. The topological polar surface area (TPSA) is 68.5 Å². The van der Waals surface area contributed by atoms with Gasteiger partial charge >= 0.3 is 0 Å². The van der Waals surface area contributed by atoms with Crippen molar-refractivity contribution in [1.82, 2.24) is 25.0 Å². The van der Waals surface area contributed by atoms with E-state index in [1.54, 1.807) is 10.9 Å². The van der Waals surface area contributed by atoms with Crippen LogP contribution in [0.1, 0.15) is 24.1 Å². The predicted octanol–water partition coefficient (Wildman–Crippen LogP) is 3.38. The van der Waals surface area contributed by atoms with Crippen molar-refractivity contribution in [2.75, 3.05) is 11.9 Å². The fourth-order valence-corrected chi connectivity index (χ4v) is 3.33. The Labute approximate surface area is 151 Å². The van der Waals surface area contributed by atoms with Crippen LogP contribution >= 0.6 is 11.6 Å². The van der Waals surface area contributed by atoms with Crippen molar-refractivity contribution in [2.45, 2.75) is 32.2 Å². The van der Waals surface area contributed by atoms with Crippen molar-refractivity contribution in [2.24, 2.45) is 0 Å². The van der Waals surface area contributed by atoms with Crippen molar-refractivity contribution in [3.63, 3.8) is 0 Å². The Kier molecular flexibility index (Phi) is 4.61. The highest BCUT2D eigenvalue weighted by atomic mass is 35.5. The maximum atomic E-state index is 6.13. The molecule has 0 saturated carbocycles. The normalized spacial score (nSPS) is 13.5. The van der Waals surface area contributed by atoms with E-state index >= 15 is 0 Å². The van der Waals surface area contributed by atoms with Gasteiger partial charge in [0.2, 0.25) is 0 Å². The average molecular weight is 355 g/mol. The molecule has 0 radical (unpaired) electrons. The highest BCUT2D eigenvalue weighted by molar-refractivity contribution is 6.30. The molecule has 0 aliphatic heterocycles. The van der Waals surface area contributed by atoms with E-state index < -0.39 is 0 Å². The largest absolute Gasteiger partial charge is 0.368 e. The molecular formula is C18H19ClN6. The number of nitrogens with zero attached hydrogens (tertiary/aromatic N) is 5. The number of benzene rings is 1. The molecule has 6 nitrogen and oxygen atoms in total. The van der Waals surface area contributed by atoms with Gasteiger partial charge in [-0.25, -0.2) is 9.97 Å². The maximum absolute atomic E-state index is 6.13. The number of fused-ring (bicyclic) bond motifs is 1. The number of halogens is 1. The van der Waals surface area contributed by atoms with Gasteiger partial charge in [0.25, 0.3) is 0 Å². The van der Waals surface area contributed by atoms with Crippen LogP contribution in [0.5, 0.6) is 0 Å². The van der Waals surface area contributed by atoms with Gasteiger partial charge in [-0.3, -0.25) is 4.68 Å². The zero-order valence-electron chi connectivity index (χ0n) is 13.8. The van der Waals surface area contributed by atoms with E-state index in [0.29, 0.717) is 5.02 Å². The monoisotopic (exact) mass is 354 g/mol. The Balaban J connectivity index is 1.62. The molecule has 3 aromatic rings. The van der Waals surface area contributed by atoms with Gasteiger partial charge < -0.3 is 5.32 Å². The molecule has 4 rings (SSSR count). The van der Waals surface area contributed by atoms with Gasteiger partial charge in [-0.2, -0.15) is 0 Å². The first-order valence-electron chi connectivity index (χ1n) is 8.53. The molecule has 0 unspecified atom stereocenters. The molecule has 0 bridgehead atoms. The van der Waals surface area contributed by atoms with Crippen LogP contribution in [0, 0.1) is 0 Å². The molecule has 0 saturated heterocycles. The molecule has 0 atom stereocenters. The van der Waals surface area contributed by atoms with Gasteiger partial charge in [0.15, 0.2) is 5.82 Å². The van der Waals surface area contributed by atoms with Crippen LogP contribution in [-0.4, -0.2) is 31.5 Å². The summed E-state index contributed by atoms with van der Waals surface area (Å²) < 4.78 is 1.80. The molecule has 128 valence electrons. The van der Waals surface area contributed by atoms with Crippen LogP contribution in [0.25, 0.3) is 11.4 Å². The Hall–Kier alpha value is -2.47. The van der Waals surface area contributed by atoms with E-state index in [9.17, 15) is 0 Å². The Bertz CT molecular complexity index is 862. The summed E-state index contributed by atoms with van der Waals surface area (Å²) in [5.41, 5.74) is 3.34. The van der Waals surface area contributed by atoms with Gasteiger partial charge in [-0.05, 0) is 37.8 Å². The van der Waals surface area contributed by atoms with Gasteiger partial charge in [-0.15, -0.1) is 5.10 Å². The van der Waals surface area contributed by atoms with E-state index in [1.165, 1.54) is 18.4 Å². The molecular weight excluding hydrogens is 336 g/mol. The van der Waals surface area contributed by atoms with Crippen molar-refractivity contribution in [3.05, 3.63) is 52.9 Å². The summed E-state index contributed by atoms with van der Waals surface area (Å²) in [6, 6.07) is 7.69. The Morgan fingerprint density at radius 3 is 2.92 bits per heavy atom. The third-order valence-corrected chi connectivity index (χ3v) is 4.61. The fraction of sp³-hybridized carbons (Fsp3) is 0.333. The number of aromatic nitrogens is 5. The first-order chi connectivity index (χ1) is 12.3. The number of aryl methyl sites for hydroxylation is 1. The number of rotatable bonds is 5. The van der Waals surface area contributed by atoms with E-state index in [1.807, 2.05) is 30.5 Å². The second kappa shape index (κ2) is 7.19. The van der Waals surface area contributed by atoms with Gasteiger partial charge in [0.05, 0.1) is 12.7 Å². The standard InChI is InChI=1S/C18H19ClN6/c19-14-5-3-4-13(12-14)17-22-16-7-2-1-6-15(16)18(23-17)20-8-10-25-11-9-21-24-25/h3-5,9,11-12H,1-2,6-8,10H2,(H,20,22,23). The van der Waals surface area contributed by atoms with Crippen LogP contribution < -0.4 is 5.32 Å². The quantitative estimate of drug-likeness (QED) is 0.760. The number of hydrogen-bond donors (Lipinski definition) is 1. The molecule has 1 aliphatic rings. The minimum absolute atomic E-state index is 0.694. The third-order valence-electron chi connectivity index (χ3n) is 4.37. The van der Waals surface area contributed by atoms with Crippen LogP contribution in [0.4, 0.5) is 5.82 Å². The second-order valence-electron chi connectivity index (χ2n) is 6.13. The zero-order chi connectivity index (χ0) is 17.1. The van der Waals surface area contributed by atoms with Crippen molar-refractivity contribution in [3.8, 4) is 11.4 Å². The first-order valence-corrected chi connectivity index (χ1v) is 8.91. The Morgan fingerprint density at radius 2 is 2.08 bits per heavy atom. The molecule has 2 aromatic heterocycles. The minimum atomic E-state index is 0.694. The Morgan fingerprint density at radius 1 is 1.16 bits per heavy atom. The van der Waals surface area contributed by atoms with Crippen LogP contribution in [0.3, 0.4) is 0 Å². The third kappa shape index (κ3) is 3.64. The molecule has 7 heteroatoms. The summed E-state index contributed by atoms with van der Waals surface area (Å²) in [5, 5.41) is 12.0. The lowest BCUT2D eigenvalue weighted by molar-refractivity contribution is 0.606. The van der Waals surface area contributed by atoms with Gasteiger partial charge in [0.1, 0.15) is 5.82 Å². The molecule has 25 heavy (non-hydrogen) atoms. The minimum Gasteiger partial charge on any atom is -0.368 e. The number of nitrogens with one attached hydrogen (secondary N) is 1. The summed E-state index contributed by atoms with van der Waals surface area (Å²) in [6.45, 7) is 1.48. The van der Waals surface area contributed by atoms with Gasteiger partial charge in [0, 0.05) is 34.6 Å². The average Bonchev–Trinajstić information content (AvgIpc) is 3.15. The van der Waals surface area contributed by atoms with Crippen LogP contribution in [-0.2, 0) is 19.4 Å². The summed E-state index contributed by atoms with van der Waals surface area (Å²) >= 11 is 6.13. The molecule has 1 aromatic carbocycles. The van der Waals surface area contributed by atoms with Crippen molar-refractivity contribution >= 4 is 17.4 Å². The van der Waals surface area contributed by atoms with Gasteiger partial charge in [-0.1, -0.05) is 28.9 Å². The molecule has 2 heterocycles. The highest BCUT2D eigenvalue weighted by Crippen LogP contribution is 2.29. The zero-order valence-corrected chi connectivity index (χ0v) is 14.6. The molecule has 0 fully saturated rings. The van der Waals surface area contributed by atoms with Crippen molar-refractivity contribution < 1.29 is 0 Å². The molecule has 1 N–H and O–H groups in total. The lowest BCUT2D eigenvalue weighted by Crippen LogP contribution is -2.17. The number of hydrogen-bond acceptors (Lipinski definition) is 5. The van der Waals surface area contributed by atoms with E-state index in [-0.39, 0.29) is 0 Å².